The van der Waals surface area contributed by atoms with Crippen molar-refractivity contribution in [3.05, 3.63) is 18.2 Å². The first kappa shape index (κ1) is 17.0. The first-order chi connectivity index (χ1) is 12.1. The number of rotatable bonds is 5. The second-order valence-electron chi connectivity index (χ2n) is 8.29. The Bertz CT molecular complexity index is 626. The van der Waals surface area contributed by atoms with Crippen LogP contribution in [-0.4, -0.2) is 25.9 Å². The fourth-order valence-corrected chi connectivity index (χ4v) is 6.05. The molecule has 4 bridgehead atoms. The molecule has 136 valence electrons. The van der Waals surface area contributed by atoms with Gasteiger partial charge in [-0.15, -0.1) is 0 Å². The van der Waals surface area contributed by atoms with E-state index < -0.39 is 0 Å². The number of ether oxygens (including phenoxy) is 2. The Kier molecular flexibility index (Phi) is 4.52. The summed E-state index contributed by atoms with van der Waals surface area (Å²) in [6.45, 7) is 1.01. The third kappa shape index (κ3) is 3.43. The molecule has 4 nitrogen and oxygen atoms in total. The molecule has 0 unspecified atom stereocenters. The summed E-state index contributed by atoms with van der Waals surface area (Å²) in [4.78, 5) is 0. The number of hydrogen-bond donors (Lipinski definition) is 2. The number of anilines is 1. The number of thiocarbonyl (C=S) groups is 1. The normalized spacial score (nSPS) is 32.3. The van der Waals surface area contributed by atoms with Gasteiger partial charge in [0, 0.05) is 18.3 Å². The molecule has 4 aliphatic rings. The van der Waals surface area contributed by atoms with E-state index in [1.165, 1.54) is 38.5 Å². The maximum Gasteiger partial charge on any atom is 0.170 e. The van der Waals surface area contributed by atoms with Crippen LogP contribution in [0.2, 0.25) is 0 Å². The predicted octanol–water partition coefficient (Wildman–Crippen LogP) is 4.21. The fraction of sp³-hybridized carbons (Fsp3) is 0.650. The van der Waals surface area contributed by atoms with E-state index in [2.05, 4.69) is 10.6 Å². The Morgan fingerprint density at radius 2 is 1.64 bits per heavy atom. The summed E-state index contributed by atoms with van der Waals surface area (Å²) >= 11 is 5.54. The van der Waals surface area contributed by atoms with E-state index >= 15 is 0 Å². The third-order valence-corrected chi connectivity index (χ3v) is 6.68. The summed E-state index contributed by atoms with van der Waals surface area (Å²) in [6.07, 6.45) is 8.62. The van der Waals surface area contributed by atoms with E-state index in [4.69, 9.17) is 21.7 Å². The predicted molar refractivity (Wildman–Crippen MR) is 104 cm³/mol. The van der Waals surface area contributed by atoms with Crippen molar-refractivity contribution in [3.63, 3.8) is 0 Å². The van der Waals surface area contributed by atoms with Crippen molar-refractivity contribution >= 4 is 23.0 Å². The summed E-state index contributed by atoms with van der Waals surface area (Å²) < 4.78 is 10.6. The van der Waals surface area contributed by atoms with Gasteiger partial charge in [0.15, 0.2) is 16.6 Å². The van der Waals surface area contributed by atoms with Crippen LogP contribution in [-0.2, 0) is 0 Å². The van der Waals surface area contributed by atoms with Crippen molar-refractivity contribution in [1.29, 1.82) is 0 Å². The molecular formula is C20H28N2O2S. The average Bonchev–Trinajstić information content (AvgIpc) is 2.59. The molecule has 0 saturated heterocycles. The van der Waals surface area contributed by atoms with Gasteiger partial charge in [-0.05, 0) is 86.0 Å². The Labute approximate surface area is 155 Å². The van der Waals surface area contributed by atoms with Crippen LogP contribution in [0.4, 0.5) is 5.69 Å². The zero-order valence-electron chi connectivity index (χ0n) is 15.1. The molecule has 0 spiro atoms. The summed E-state index contributed by atoms with van der Waals surface area (Å²) in [5.74, 6) is 4.35. The molecule has 0 amide bonds. The molecule has 5 rings (SSSR count). The monoisotopic (exact) mass is 360 g/mol. The van der Waals surface area contributed by atoms with Crippen molar-refractivity contribution < 1.29 is 9.47 Å². The van der Waals surface area contributed by atoms with E-state index in [0.717, 1.165) is 35.7 Å². The standard InChI is InChI=1S/C20H28N2O2S/c1-23-17-4-3-16(8-18(17)24-2)22-19(25)21-12-20-9-13-5-14(10-20)7-15(6-13)11-20/h3-4,8,13-15H,5-7,9-12H2,1-2H3,(H2,21,22,25). The van der Waals surface area contributed by atoms with Crippen LogP contribution < -0.4 is 20.1 Å². The fourth-order valence-electron chi connectivity index (χ4n) is 5.86. The van der Waals surface area contributed by atoms with Gasteiger partial charge in [-0.1, -0.05) is 0 Å². The molecule has 4 saturated carbocycles. The van der Waals surface area contributed by atoms with Gasteiger partial charge in [-0.25, -0.2) is 0 Å². The van der Waals surface area contributed by atoms with E-state index in [0.29, 0.717) is 16.3 Å². The molecule has 0 heterocycles. The number of nitrogens with one attached hydrogen (secondary N) is 2. The summed E-state index contributed by atoms with van der Waals surface area (Å²) in [6, 6.07) is 5.76. The Balaban J connectivity index is 1.35. The number of methoxy groups -OCH3 is 2. The lowest BCUT2D eigenvalue weighted by Crippen LogP contribution is -2.51. The van der Waals surface area contributed by atoms with Crippen molar-refractivity contribution in [1.82, 2.24) is 5.32 Å². The number of benzene rings is 1. The zero-order chi connectivity index (χ0) is 17.4. The first-order valence-electron chi connectivity index (χ1n) is 9.36. The van der Waals surface area contributed by atoms with E-state index in [1.807, 2.05) is 18.2 Å². The minimum Gasteiger partial charge on any atom is -0.493 e. The van der Waals surface area contributed by atoms with E-state index in [1.54, 1.807) is 14.2 Å². The van der Waals surface area contributed by atoms with Gasteiger partial charge < -0.3 is 20.1 Å². The van der Waals surface area contributed by atoms with Crippen molar-refractivity contribution in [2.24, 2.45) is 23.2 Å². The molecule has 1 aromatic carbocycles. The molecule has 1 aromatic rings. The van der Waals surface area contributed by atoms with Crippen molar-refractivity contribution in [3.8, 4) is 11.5 Å². The molecule has 2 N–H and O–H groups in total. The van der Waals surface area contributed by atoms with Crippen LogP contribution >= 0.6 is 12.2 Å². The minimum atomic E-state index is 0.484. The zero-order valence-corrected chi connectivity index (χ0v) is 16.0. The lowest BCUT2D eigenvalue weighted by Gasteiger charge is -2.57. The summed E-state index contributed by atoms with van der Waals surface area (Å²) in [7, 11) is 3.29. The third-order valence-electron chi connectivity index (χ3n) is 6.43. The Morgan fingerprint density at radius 3 is 2.20 bits per heavy atom. The van der Waals surface area contributed by atoms with Gasteiger partial charge in [-0.3, -0.25) is 0 Å². The van der Waals surface area contributed by atoms with Gasteiger partial charge >= 0.3 is 0 Å². The highest BCUT2D eigenvalue weighted by Crippen LogP contribution is 2.59. The van der Waals surface area contributed by atoms with Gasteiger partial charge in [-0.2, -0.15) is 0 Å². The highest BCUT2D eigenvalue weighted by atomic mass is 32.1. The largest absolute Gasteiger partial charge is 0.493 e. The molecule has 4 fully saturated rings. The highest BCUT2D eigenvalue weighted by Gasteiger charge is 2.50. The molecule has 5 heteroatoms. The maximum atomic E-state index is 5.54. The molecule has 0 atom stereocenters. The minimum absolute atomic E-state index is 0.484. The summed E-state index contributed by atoms with van der Waals surface area (Å²) in [5, 5.41) is 7.48. The van der Waals surface area contributed by atoms with Crippen LogP contribution in [0.3, 0.4) is 0 Å². The molecule has 0 aromatic heterocycles. The van der Waals surface area contributed by atoms with Crippen molar-refractivity contribution in [2.75, 3.05) is 26.1 Å². The lowest BCUT2D eigenvalue weighted by atomic mass is 9.49. The van der Waals surface area contributed by atoms with Crippen LogP contribution in [0.1, 0.15) is 38.5 Å². The van der Waals surface area contributed by atoms with Crippen molar-refractivity contribution in [2.45, 2.75) is 38.5 Å². The van der Waals surface area contributed by atoms with Gasteiger partial charge in [0.2, 0.25) is 0 Å². The summed E-state index contributed by atoms with van der Waals surface area (Å²) in [5.41, 5.74) is 1.40. The first-order valence-corrected chi connectivity index (χ1v) is 9.77. The molecule has 0 radical (unpaired) electrons. The molecule has 25 heavy (non-hydrogen) atoms. The smallest absolute Gasteiger partial charge is 0.170 e. The van der Waals surface area contributed by atoms with Gasteiger partial charge in [0.25, 0.3) is 0 Å². The van der Waals surface area contributed by atoms with Crippen LogP contribution in [0.25, 0.3) is 0 Å². The van der Waals surface area contributed by atoms with Crippen LogP contribution in [0.15, 0.2) is 18.2 Å². The topological polar surface area (TPSA) is 42.5 Å². The highest BCUT2D eigenvalue weighted by molar-refractivity contribution is 7.80. The second-order valence-corrected chi connectivity index (χ2v) is 8.70. The lowest BCUT2D eigenvalue weighted by molar-refractivity contribution is -0.0490. The SMILES string of the molecule is COc1ccc(NC(=S)NCC23CC4CC(CC(C4)C2)C3)cc1OC. The van der Waals surface area contributed by atoms with Gasteiger partial charge in [0.1, 0.15) is 0 Å². The van der Waals surface area contributed by atoms with E-state index in [-0.39, 0.29) is 0 Å². The van der Waals surface area contributed by atoms with E-state index in [9.17, 15) is 0 Å². The number of hydrogen-bond acceptors (Lipinski definition) is 3. The molecule has 4 aliphatic carbocycles. The molecule has 0 aliphatic heterocycles. The maximum absolute atomic E-state index is 5.54. The van der Waals surface area contributed by atoms with Crippen LogP contribution in [0.5, 0.6) is 11.5 Å². The Morgan fingerprint density at radius 1 is 1.04 bits per heavy atom. The van der Waals surface area contributed by atoms with Crippen LogP contribution in [0, 0.1) is 23.2 Å². The molecular weight excluding hydrogens is 332 g/mol. The second kappa shape index (κ2) is 6.67. The average molecular weight is 361 g/mol. The Hall–Kier alpha value is -1.49. The quantitative estimate of drug-likeness (QED) is 0.770. The van der Waals surface area contributed by atoms with Gasteiger partial charge in [0.05, 0.1) is 14.2 Å².